The Hall–Kier alpha value is -1.68. The van der Waals surface area contributed by atoms with Crippen LogP contribution in [0.4, 0.5) is 0 Å². The van der Waals surface area contributed by atoms with Crippen molar-refractivity contribution in [3.05, 3.63) is 47.8 Å². The average molecular weight is 296 g/mol. The number of piperidine rings is 1. The van der Waals surface area contributed by atoms with Crippen molar-refractivity contribution in [2.24, 2.45) is 0 Å². The topological polar surface area (TPSA) is 34.0 Å². The van der Waals surface area contributed by atoms with Crippen molar-refractivity contribution >= 4 is 0 Å². The van der Waals surface area contributed by atoms with Gasteiger partial charge in [0.25, 0.3) is 0 Å². The standard InChI is InChI=1S/C18H24N4/c1-14-10-20-18(16-6-7-16)22(14)17-5-3-9-21(13-17)12-15-4-2-8-19-11-15/h2,4,8,10-11,16-17H,3,5-7,9,12-13H2,1H3. The molecule has 4 rings (SSSR count). The van der Waals surface area contributed by atoms with Crippen LogP contribution in [-0.2, 0) is 6.54 Å². The van der Waals surface area contributed by atoms with Gasteiger partial charge in [0.15, 0.2) is 0 Å². The maximum atomic E-state index is 4.70. The number of hydrogen-bond acceptors (Lipinski definition) is 3. The van der Waals surface area contributed by atoms with Crippen LogP contribution < -0.4 is 0 Å². The third-order valence-corrected chi connectivity index (χ3v) is 4.93. The Bertz CT molecular complexity index is 630. The van der Waals surface area contributed by atoms with Gasteiger partial charge in [-0.1, -0.05) is 6.07 Å². The summed E-state index contributed by atoms with van der Waals surface area (Å²) in [7, 11) is 0. The smallest absolute Gasteiger partial charge is 0.112 e. The Kier molecular flexibility index (Phi) is 3.70. The Morgan fingerprint density at radius 3 is 2.91 bits per heavy atom. The van der Waals surface area contributed by atoms with Crippen molar-refractivity contribution in [2.75, 3.05) is 13.1 Å². The van der Waals surface area contributed by atoms with E-state index >= 15 is 0 Å². The molecule has 3 heterocycles. The Morgan fingerprint density at radius 2 is 2.14 bits per heavy atom. The summed E-state index contributed by atoms with van der Waals surface area (Å²) in [5.41, 5.74) is 2.64. The van der Waals surface area contributed by atoms with E-state index in [9.17, 15) is 0 Å². The predicted molar refractivity (Wildman–Crippen MR) is 86.7 cm³/mol. The van der Waals surface area contributed by atoms with Crippen LogP contribution in [0.15, 0.2) is 30.7 Å². The molecule has 0 bridgehead atoms. The highest BCUT2D eigenvalue weighted by molar-refractivity contribution is 5.15. The Morgan fingerprint density at radius 1 is 1.23 bits per heavy atom. The van der Waals surface area contributed by atoms with Gasteiger partial charge in [-0.25, -0.2) is 4.98 Å². The van der Waals surface area contributed by atoms with E-state index in [0.717, 1.165) is 19.0 Å². The molecule has 116 valence electrons. The highest BCUT2D eigenvalue weighted by Gasteiger charge is 2.32. The maximum absolute atomic E-state index is 4.70. The average Bonchev–Trinajstić information content (AvgIpc) is 3.31. The van der Waals surface area contributed by atoms with Crippen LogP contribution in [0.25, 0.3) is 0 Å². The zero-order valence-corrected chi connectivity index (χ0v) is 13.3. The Balaban J connectivity index is 1.50. The van der Waals surface area contributed by atoms with Gasteiger partial charge in [0.05, 0.1) is 0 Å². The monoisotopic (exact) mass is 296 g/mol. The second-order valence-corrected chi connectivity index (χ2v) is 6.79. The van der Waals surface area contributed by atoms with Crippen molar-refractivity contribution < 1.29 is 0 Å². The lowest BCUT2D eigenvalue weighted by atomic mass is 10.0. The molecule has 22 heavy (non-hydrogen) atoms. The maximum Gasteiger partial charge on any atom is 0.112 e. The van der Waals surface area contributed by atoms with E-state index in [2.05, 4.69) is 33.6 Å². The van der Waals surface area contributed by atoms with E-state index in [-0.39, 0.29) is 0 Å². The number of pyridine rings is 1. The number of hydrogen-bond donors (Lipinski definition) is 0. The first-order valence-corrected chi connectivity index (χ1v) is 8.46. The molecule has 2 aromatic heterocycles. The van der Waals surface area contributed by atoms with Crippen molar-refractivity contribution in [3.8, 4) is 0 Å². The fraction of sp³-hybridized carbons (Fsp3) is 0.556. The minimum absolute atomic E-state index is 0.587. The van der Waals surface area contributed by atoms with E-state index in [1.807, 2.05) is 18.5 Å². The molecule has 0 radical (unpaired) electrons. The summed E-state index contributed by atoms with van der Waals surface area (Å²) in [5, 5.41) is 0. The quantitative estimate of drug-likeness (QED) is 0.868. The van der Waals surface area contributed by atoms with E-state index < -0.39 is 0 Å². The first-order valence-electron chi connectivity index (χ1n) is 8.46. The highest BCUT2D eigenvalue weighted by Crippen LogP contribution is 2.41. The summed E-state index contributed by atoms with van der Waals surface area (Å²) in [6, 6.07) is 4.79. The van der Waals surface area contributed by atoms with Gasteiger partial charge >= 0.3 is 0 Å². The molecule has 2 fully saturated rings. The third kappa shape index (κ3) is 2.80. The van der Waals surface area contributed by atoms with E-state index in [4.69, 9.17) is 4.98 Å². The van der Waals surface area contributed by atoms with Gasteiger partial charge in [-0.05, 0) is 50.8 Å². The molecule has 1 unspecified atom stereocenters. The molecule has 0 amide bonds. The first kappa shape index (κ1) is 13.9. The zero-order chi connectivity index (χ0) is 14.9. The summed E-state index contributed by atoms with van der Waals surface area (Å²) in [6.45, 7) is 5.54. The molecule has 4 heteroatoms. The lowest BCUT2D eigenvalue weighted by Crippen LogP contribution is -2.36. The molecule has 1 saturated carbocycles. The number of aromatic nitrogens is 3. The number of rotatable bonds is 4. The summed E-state index contributed by atoms with van der Waals surface area (Å²) in [5.74, 6) is 2.06. The third-order valence-electron chi connectivity index (χ3n) is 4.93. The van der Waals surface area contributed by atoms with Gasteiger partial charge < -0.3 is 4.57 Å². The summed E-state index contributed by atoms with van der Waals surface area (Å²) in [6.07, 6.45) is 11.1. The normalized spacial score (nSPS) is 22.9. The number of imidazole rings is 1. The minimum Gasteiger partial charge on any atom is -0.328 e. The van der Waals surface area contributed by atoms with Crippen molar-refractivity contribution in [2.45, 2.75) is 51.1 Å². The fourth-order valence-corrected chi connectivity index (χ4v) is 3.72. The molecular formula is C18H24N4. The minimum atomic E-state index is 0.587. The molecule has 1 aliphatic heterocycles. The second-order valence-electron chi connectivity index (χ2n) is 6.79. The van der Waals surface area contributed by atoms with Crippen LogP contribution in [-0.4, -0.2) is 32.5 Å². The van der Waals surface area contributed by atoms with E-state index in [1.54, 1.807) is 0 Å². The van der Waals surface area contributed by atoms with Gasteiger partial charge in [0, 0.05) is 49.3 Å². The molecule has 2 aromatic rings. The van der Waals surface area contributed by atoms with Gasteiger partial charge in [-0.2, -0.15) is 0 Å². The number of likely N-dealkylation sites (tertiary alicyclic amines) is 1. The SMILES string of the molecule is Cc1cnc(C2CC2)n1C1CCCN(Cc2cccnc2)C1. The van der Waals surface area contributed by atoms with Gasteiger partial charge in [0.1, 0.15) is 5.82 Å². The highest BCUT2D eigenvalue weighted by atomic mass is 15.2. The summed E-state index contributed by atoms with van der Waals surface area (Å²) < 4.78 is 2.53. The van der Waals surface area contributed by atoms with E-state index in [1.165, 1.54) is 49.3 Å². The molecule has 2 aliphatic rings. The Labute approximate surface area is 132 Å². The zero-order valence-electron chi connectivity index (χ0n) is 13.3. The van der Waals surface area contributed by atoms with Crippen molar-refractivity contribution in [1.29, 1.82) is 0 Å². The largest absolute Gasteiger partial charge is 0.328 e. The summed E-state index contributed by atoms with van der Waals surface area (Å²) >= 11 is 0. The van der Waals surface area contributed by atoms with Gasteiger partial charge in [-0.3, -0.25) is 9.88 Å². The molecule has 4 nitrogen and oxygen atoms in total. The molecular weight excluding hydrogens is 272 g/mol. The molecule has 1 atom stereocenters. The van der Waals surface area contributed by atoms with Crippen LogP contribution in [0.3, 0.4) is 0 Å². The lowest BCUT2D eigenvalue weighted by molar-refractivity contribution is 0.167. The molecule has 0 spiro atoms. The van der Waals surface area contributed by atoms with Gasteiger partial charge in [-0.15, -0.1) is 0 Å². The molecule has 0 N–H and O–H groups in total. The summed E-state index contributed by atoms with van der Waals surface area (Å²) in [4.78, 5) is 11.5. The first-order chi connectivity index (χ1) is 10.8. The van der Waals surface area contributed by atoms with E-state index in [0.29, 0.717) is 6.04 Å². The molecule has 1 aliphatic carbocycles. The van der Waals surface area contributed by atoms with Crippen LogP contribution >= 0.6 is 0 Å². The number of aryl methyl sites for hydroxylation is 1. The second kappa shape index (κ2) is 5.84. The molecule has 0 aromatic carbocycles. The van der Waals surface area contributed by atoms with Crippen LogP contribution in [0.5, 0.6) is 0 Å². The number of nitrogens with zero attached hydrogens (tertiary/aromatic N) is 4. The molecule has 1 saturated heterocycles. The lowest BCUT2D eigenvalue weighted by Gasteiger charge is -2.34. The van der Waals surface area contributed by atoms with Crippen molar-refractivity contribution in [3.63, 3.8) is 0 Å². The van der Waals surface area contributed by atoms with Crippen LogP contribution in [0.2, 0.25) is 0 Å². The van der Waals surface area contributed by atoms with Crippen LogP contribution in [0.1, 0.15) is 54.7 Å². The fourth-order valence-electron chi connectivity index (χ4n) is 3.72. The van der Waals surface area contributed by atoms with Crippen LogP contribution in [0, 0.1) is 6.92 Å². The van der Waals surface area contributed by atoms with Gasteiger partial charge in [0.2, 0.25) is 0 Å². The van der Waals surface area contributed by atoms with Crippen molar-refractivity contribution in [1.82, 2.24) is 19.4 Å². The predicted octanol–water partition coefficient (Wildman–Crippen LogP) is 3.30.